The van der Waals surface area contributed by atoms with Crippen molar-refractivity contribution in [1.29, 1.82) is 0 Å². The van der Waals surface area contributed by atoms with Gasteiger partial charge in [-0.1, -0.05) is 12.8 Å². The Morgan fingerprint density at radius 1 is 1.18 bits per heavy atom. The first kappa shape index (κ1) is 20.3. The molecule has 1 aromatic carbocycles. The molecule has 7 nitrogen and oxygen atoms in total. The highest BCUT2D eigenvalue weighted by Gasteiger charge is 2.25. The van der Waals surface area contributed by atoms with Crippen LogP contribution in [-0.4, -0.2) is 69.1 Å². The molecule has 1 saturated carbocycles. The molecule has 154 valence electrons. The molecule has 1 aromatic rings. The van der Waals surface area contributed by atoms with Gasteiger partial charge in [0, 0.05) is 33.2 Å². The van der Waals surface area contributed by atoms with Crippen LogP contribution in [0, 0.1) is 0 Å². The monoisotopic (exact) mass is 388 g/mol. The van der Waals surface area contributed by atoms with Crippen molar-refractivity contribution in [3.8, 4) is 11.5 Å². The van der Waals surface area contributed by atoms with E-state index in [2.05, 4.69) is 27.3 Å². The highest BCUT2D eigenvalue weighted by atomic mass is 16.5. The number of hydrogen-bond acceptors (Lipinski definition) is 4. The number of guanidine groups is 1. The Morgan fingerprint density at radius 2 is 1.82 bits per heavy atom. The van der Waals surface area contributed by atoms with E-state index in [4.69, 9.17) is 9.47 Å². The molecule has 1 heterocycles. The largest absolute Gasteiger partial charge is 0.493 e. The zero-order chi connectivity index (χ0) is 20.1. The predicted octanol–water partition coefficient (Wildman–Crippen LogP) is 2.04. The summed E-state index contributed by atoms with van der Waals surface area (Å²) >= 11 is 0. The fraction of sp³-hybridized carbons (Fsp3) is 0.619. The average molecular weight is 389 g/mol. The van der Waals surface area contributed by atoms with Crippen LogP contribution in [0.3, 0.4) is 0 Å². The molecule has 2 aliphatic rings. The second-order valence-electron chi connectivity index (χ2n) is 7.70. The number of benzene rings is 1. The van der Waals surface area contributed by atoms with Gasteiger partial charge < -0.3 is 24.6 Å². The number of carbonyl (C=O) groups excluding carboxylic acids is 1. The molecule has 1 aliphatic heterocycles. The SMILES string of the molecule is COc1cc2c(cc1OC)CN(C(=NCC(=O)N(C)C)NC1CCCC1)CC2. The summed E-state index contributed by atoms with van der Waals surface area (Å²) in [6.45, 7) is 1.76. The predicted molar refractivity (Wildman–Crippen MR) is 110 cm³/mol. The number of ether oxygens (including phenoxy) is 2. The first-order valence-electron chi connectivity index (χ1n) is 10.0. The van der Waals surface area contributed by atoms with Gasteiger partial charge in [-0.25, -0.2) is 4.99 Å². The zero-order valence-electron chi connectivity index (χ0n) is 17.5. The fourth-order valence-corrected chi connectivity index (χ4v) is 3.84. The molecule has 1 fully saturated rings. The molecule has 1 amide bonds. The minimum absolute atomic E-state index is 0.00883. The molecule has 0 bridgehead atoms. The van der Waals surface area contributed by atoms with Crippen LogP contribution in [0.2, 0.25) is 0 Å². The Labute approximate surface area is 167 Å². The Morgan fingerprint density at radius 3 is 2.43 bits per heavy atom. The van der Waals surface area contributed by atoms with Gasteiger partial charge in [0.25, 0.3) is 0 Å². The summed E-state index contributed by atoms with van der Waals surface area (Å²) in [4.78, 5) is 20.6. The van der Waals surface area contributed by atoms with Gasteiger partial charge in [-0.3, -0.25) is 4.79 Å². The van der Waals surface area contributed by atoms with Crippen LogP contribution < -0.4 is 14.8 Å². The molecule has 7 heteroatoms. The Bertz CT molecular complexity index is 727. The summed E-state index contributed by atoms with van der Waals surface area (Å²) < 4.78 is 10.9. The topological polar surface area (TPSA) is 66.4 Å². The summed E-state index contributed by atoms with van der Waals surface area (Å²) in [6, 6.07) is 4.57. The molecule has 0 unspecified atom stereocenters. The van der Waals surface area contributed by atoms with Crippen LogP contribution in [0.15, 0.2) is 17.1 Å². The Hall–Kier alpha value is -2.44. The third kappa shape index (κ3) is 4.69. The van der Waals surface area contributed by atoms with E-state index in [0.29, 0.717) is 6.04 Å². The zero-order valence-corrected chi connectivity index (χ0v) is 17.5. The molecule has 0 saturated heterocycles. The number of amides is 1. The van der Waals surface area contributed by atoms with E-state index in [1.807, 2.05) is 0 Å². The second-order valence-corrected chi connectivity index (χ2v) is 7.70. The normalized spacial score (nSPS) is 17.3. The summed E-state index contributed by atoms with van der Waals surface area (Å²) in [5.74, 6) is 2.36. The molecule has 1 N–H and O–H groups in total. The van der Waals surface area contributed by atoms with Crippen molar-refractivity contribution in [1.82, 2.24) is 15.1 Å². The second kappa shape index (κ2) is 9.17. The van der Waals surface area contributed by atoms with Crippen molar-refractivity contribution in [2.75, 3.05) is 41.4 Å². The minimum atomic E-state index is 0.00883. The van der Waals surface area contributed by atoms with Crippen molar-refractivity contribution in [2.24, 2.45) is 4.99 Å². The van der Waals surface area contributed by atoms with E-state index >= 15 is 0 Å². The number of rotatable bonds is 5. The molecule has 1 aliphatic carbocycles. The van der Waals surface area contributed by atoms with E-state index in [9.17, 15) is 4.79 Å². The van der Waals surface area contributed by atoms with E-state index < -0.39 is 0 Å². The lowest BCUT2D eigenvalue weighted by atomic mass is 9.99. The van der Waals surface area contributed by atoms with Crippen LogP contribution in [0.4, 0.5) is 0 Å². The van der Waals surface area contributed by atoms with Crippen molar-refractivity contribution in [3.63, 3.8) is 0 Å². The standard InChI is InChI=1S/C21H32N4O3/c1-24(2)20(26)13-22-21(23-17-7-5-6-8-17)25-10-9-15-11-18(27-3)19(28-4)12-16(15)14-25/h11-12,17H,5-10,13-14H2,1-4H3,(H,22,23). The lowest BCUT2D eigenvalue weighted by Crippen LogP contribution is -2.47. The molecule has 28 heavy (non-hydrogen) atoms. The number of carbonyl (C=O) groups is 1. The third-order valence-corrected chi connectivity index (χ3v) is 5.57. The van der Waals surface area contributed by atoms with Gasteiger partial charge >= 0.3 is 0 Å². The van der Waals surface area contributed by atoms with Gasteiger partial charge in [0.15, 0.2) is 17.5 Å². The molecule has 3 rings (SSSR count). The lowest BCUT2D eigenvalue weighted by Gasteiger charge is -2.33. The van der Waals surface area contributed by atoms with Crippen molar-refractivity contribution >= 4 is 11.9 Å². The van der Waals surface area contributed by atoms with Gasteiger partial charge in [0.05, 0.1) is 14.2 Å². The molecule has 0 atom stereocenters. The maximum Gasteiger partial charge on any atom is 0.243 e. The van der Waals surface area contributed by atoms with E-state index in [0.717, 1.165) is 49.8 Å². The molecule has 0 radical (unpaired) electrons. The molecular weight excluding hydrogens is 356 g/mol. The first-order valence-corrected chi connectivity index (χ1v) is 10.0. The van der Waals surface area contributed by atoms with Crippen LogP contribution in [0.25, 0.3) is 0 Å². The van der Waals surface area contributed by atoms with E-state index in [1.54, 1.807) is 33.2 Å². The van der Waals surface area contributed by atoms with Gasteiger partial charge in [-0.15, -0.1) is 0 Å². The van der Waals surface area contributed by atoms with Crippen molar-refractivity contribution in [2.45, 2.75) is 44.7 Å². The number of nitrogens with one attached hydrogen (secondary N) is 1. The maximum atomic E-state index is 12.1. The molecule has 0 spiro atoms. The Balaban J connectivity index is 1.80. The van der Waals surface area contributed by atoms with Gasteiger partial charge in [-0.2, -0.15) is 0 Å². The number of fused-ring (bicyclic) bond motifs is 1. The fourth-order valence-electron chi connectivity index (χ4n) is 3.84. The van der Waals surface area contributed by atoms with Crippen LogP contribution in [0.1, 0.15) is 36.8 Å². The third-order valence-electron chi connectivity index (χ3n) is 5.57. The van der Waals surface area contributed by atoms with Crippen molar-refractivity contribution in [3.05, 3.63) is 23.3 Å². The summed E-state index contributed by atoms with van der Waals surface area (Å²) in [7, 11) is 6.85. The van der Waals surface area contributed by atoms with E-state index in [1.165, 1.54) is 24.0 Å². The van der Waals surface area contributed by atoms with Crippen molar-refractivity contribution < 1.29 is 14.3 Å². The van der Waals surface area contributed by atoms with Crippen LogP contribution in [0.5, 0.6) is 11.5 Å². The number of nitrogens with zero attached hydrogens (tertiary/aromatic N) is 3. The first-order chi connectivity index (χ1) is 13.5. The average Bonchev–Trinajstić information content (AvgIpc) is 3.22. The number of hydrogen-bond donors (Lipinski definition) is 1. The number of likely N-dealkylation sites (N-methyl/N-ethyl adjacent to an activating group) is 1. The summed E-state index contributed by atoms with van der Waals surface area (Å²) in [5, 5.41) is 3.61. The molecule has 0 aromatic heterocycles. The summed E-state index contributed by atoms with van der Waals surface area (Å²) in [6.07, 6.45) is 5.73. The quantitative estimate of drug-likeness (QED) is 0.618. The maximum absolute atomic E-state index is 12.1. The highest BCUT2D eigenvalue weighted by Crippen LogP contribution is 2.33. The summed E-state index contributed by atoms with van der Waals surface area (Å²) in [5.41, 5.74) is 2.49. The Kier molecular flexibility index (Phi) is 6.65. The minimum Gasteiger partial charge on any atom is -0.493 e. The lowest BCUT2D eigenvalue weighted by molar-refractivity contribution is -0.127. The van der Waals surface area contributed by atoms with Crippen LogP contribution in [-0.2, 0) is 17.8 Å². The van der Waals surface area contributed by atoms with E-state index in [-0.39, 0.29) is 12.5 Å². The highest BCUT2D eigenvalue weighted by molar-refractivity contribution is 5.85. The van der Waals surface area contributed by atoms with Gasteiger partial charge in [0.1, 0.15) is 6.54 Å². The number of methoxy groups -OCH3 is 2. The van der Waals surface area contributed by atoms with Crippen LogP contribution >= 0.6 is 0 Å². The van der Waals surface area contributed by atoms with Gasteiger partial charge in [-0.05, 0) is 42.5 Å². The van der Waals surface area contributed by atoms with Gasteiger partial charge in [0.2, 0.25) is 5.91 Å². The molecular formula is C21H32N4O3. The smallest absolute Gasteiger partial charge is 0.243 e. The number of aliphatic imine (C=N–C) groups is 1.